The maximum Gasteiger partial charge on any atom is 0.338 e. The van der Waals surface area contributed by atoms with E-state index in [9.17, 15) is 13.6 Å². The molecule has 1 saturated carbocycles. The summed E-state index contributed by atoms with van der Waals surface area (Å²) in [4.78, 5) is 11.2. The van der Waals surface area contributed by atoms with E-state index < -0.39 is 24.0 Å². The van der Waals surface area contributed by atoms with Gasteiger partial charge in [0, 0.05) is 6.42 Å². The van der Waals surface area contributed by atoms with Gasteiger partial charge in [-0.05, 0) is 12.1 Å². The van der Waals surface area contributed by atoms with Gasteiger partial charge < -0.3 is 15.8 Å². The molecule has 1 fully saturated rings. The van der Waals surface area contributed by atoms with E-state index in [0.717, 1.165) is 6.07 Å². The van der Waals surface area contributed by atoms with Crippen LogP contribution < -0.4 is 11.1 Å². The van der Waals surface area contributed by atoms with Crippen molar-refractivity contribution in [1.82, 2.24) is 0 Å². The molecule has 0 radical (unpaired) electrons. The average molecular weight is 242 g/mol. The van der Waals surface area contributed by atoms with Gasteiger partial charge in [0.25, 0.3) is 0 Å². The van der Waals surface area contributed by atoms with Gasteiger partial charge in [-0.3, -0.25) is 0 Å². The molecule has 3 N–H and O–H groups in total. The summed E-state index contributed by atoms with van der Waals surface area (Å²) in [6.45, 7) is 0. The van der Waals surface area contributed by atoms with Crippen LogP contribution in [-0.2, 0) is 4.74 Å². The number of esters is 1. The van der Waals surface area contributed by atoms with Gasteiger partial charge in [0.1, 0.15) is 12.0 Å². The van der Waals surface area contributed by atoms with Gasteiger partial charge >= 0.3 is 5.97 Å². The fourth-order valence-corrected chi connectivity index (χ4v) is 1.51. The Kier molecular flexibility index (Phi) is 2.87. The number of carbonyl (C=O) groups is 1. The van der Waals surface area contributed by atoms with Crippen molar-refractivity contribution in [2.24, 2.45) is 0 Å². The third-order valence-electron chi connectivity index (χ3n) is 2.58. The summed E-state index contributed by atoms with van der Waals surface area (Å²) < 4.78 is 30.8. The van der Waals surface area contributed by atoms with E-state index in [-0.39, 0.29) is 16.9 Å². The van der Waals surface area contributed by atoms with Crippen LogP contribution in [0.5, 0.6) is 0 Å². The third-order valence-corrected chi connectivity index (χ3v) is 2.58. The van der Waals surface area contributed by atoms with Crippen LogP contribution in [0.1, 0.15) is 16.8 Å². The van der Waals surface area contributed by atoms with Crippen LogP contribution in [0, 0.1) is 5.82 Å². The zero-order chi connectivity index (χ0) is 12.6. The van der Waals surface area contributed by atoms with Crippen LogP contribution in [0.4, 0.5) is 20.2 Å². The van der Waals surface area contributed by atoms with Gasteiger partial charge in [-0.2, -0.15) is 0 Å². The van der Waals surface area contributed by atoms with Crippen LogP contribution in [-0.4, -0.2) is 25.3 Å². The number of nitrogen functional groups attached to an aromatic ring is 1. The maximum absolute atomic E-state index is 13.7. The molecule has 0 saturated heterocycles. The number of nitrogens with one attached hydrogen (secondary N) is 1. The van der Waals surface area contributed by atoms with Crippen LogP contribution in [0.2, 0.25) is 0 Å². The molecule has 1 aromatic carbocycles. The first kappa shape index (κ1) is 11.6. The Morgan fingerprint density at radius 3 is 2.71 bits per heavy atom. The van der Waals surface area contributed by atoms with E-state index in [1.807, 2.05) is 0 Å². The van der Waals surface area contributed by atoms with Gasteiger partial charge in [0.2, 0.25) is 0 Å². The van der Waals surface area contributed by atoms with Crippen molar-refractivity contribution in [3.8, 4) is 0 Å². The minimum absolute atomic E-state index is 0.0284. The molecule has 0 heterocycles. The fraction of sp³-hybridized carbons (Fsp3) is 0.364. The van der Waals surface area contributed by atoms with Crippen molar-refractivity contribution in [1.29, 1.82) is 0 Å². The van der Waals surface area contributed by atoms with Crippen molar-refractivity contribution < 1.29 is 18.3 Å². The Morgan fingerprint density at radius 1 is 1.59 bits per heavy atom. The number of hydrogen-bond acceptors (Lipinski definition) is 4. The van der Waals surface area contributed by atoms with Crippen molar-refractivity contribution in [2.45, 2.75) is 18.6 Å². The molecule has 0 bridgehead atoms. The van der Waals surface area contributed by atoms with Crippen molar-refractivity contribution in [2.75, 3.05) is 18.2 Å². The molecule has 2 rings (SSSR count). The minimum atomic E-state index is -0.964. The lowest BCUT2D eigenvalue weighted by Gasteiger charge is -2.10. The summed E-state index contributed by atoms with van der Waals surface area (Å²) in [7, 11) is 1.19. The Balaban J connectivity index is 2.25. The molecule has 0 spiro atoms. The zero-order valence-corrected chi connectivity index (χ0v) is 9.17. The molecule has 4 nitrogen and oxygen atoms in total. The monoisotopic (exact) mass is 242 g/mol. The number of alkyl halides is 1. The van der Waals surface area contributed by atoms with E-state index in [0.29, 0.717) is 6.42 Å². The molecule has 92 valence electrons. The Morgan fingerprint density at radius 2 is 2.24 bits per heavy atom. The number of benzene rings is 1. The maximum atomic E-state index is 13.7. The van der Waals surface area contributed by atoms with Gasteiger partial charge in [0.15, 0.2) is 0 Å². The van der Waals surface area contributed by atoms with Gasteiger partial charge in [-0.1, -0.05) is 0 Å². The van der Waals surface area contributed by atoms with Crippen LogP contribution >= 0.6 is 0 Å². The van der Waals surface area contributed by atoms with Gasteiger partial charge in [-0.15, -0.1) is 0 Å². The summed E-state index contributed by atoms with van der Waals surface area (Å²) in [6, 6.07) is 1.92. The first-order valence-corrected chi connectivity index (χ1v) is 5.11. The number of rotatable bonds is 3. The molecular weight excluding hydrogens is 230 g/mol. The molecule has 0 aromatic heterocycles. The summed E-state index contributed by atoms with van der Waals surface area (Å²) in [6.07, 6.45) is -0.619. The Hall–Kier alpha value is -1.85. The second kappa shape index (κ2) is 4.20. The largest absolute Gasteiger partial charge is 0.465 e. The summed E-state index contributed by atoms with van der Waals surface area (Å²) in [5.74, 6) is -1.36. The molecule has 17 heavy (non-hydrogen) atoms. The van der Waals surface area contributed by atoms with E-state index in [1.165, 1.54) is 13.2 Å². The number of anilines is 2. The predicted octanol–water partition coefficient (Wildman–Crippen LogP) is 1.72. The quantitative estimate of drug-likeness (QED) is 0.625. The highest BCUT2D eigenvalue weighted by Crippen LogP contribution is 2.33. The molecule has 1 aromatic rings. The molecule has 2 atom stereocenters. The summed E-state index contributed by atoms with van der Waals surface area (Å²) in [5, 5.41) is 2.66. The number of nitrogens with two attached hydrogens (primary N) is 1. The highest BCUT2D eigenvalue weighted by atomic mass is 19.1. The lowest BCUT2D eigenvalue weighted by atomic mass is 10.1. The number of methoxy groups -OCH3 is 1. The van der Waals surface area contributed by atoms with Crippen molar-refractivity contribution in [3.05, 3.63) is 23.5 Å². The van der Waals surface area contributed by atoms with E-state index in [2.05, 4.69) is 10.1 Å². The van der Waals surface area contributed by atoms with Crippen LogP contribution in [0.3, 0.4) is 0 Å². The number of carbonyl (C=O) groups excluding carboxylic acids is 1. The molecule has 6 heteroatoms. The predicted molar refractivity (Wildman–Crippen MR) is 59.1 cm³/mol. The molecular formula is C11H12F2N2O2. The fourth-order valence-electron chi connectivity index (χ4n) is 1.51. The minimum Gasteiger partial charge on any atom is -0.465 e. The van der Waals surface area contributed by atoms with Gasteiger partial charge in [-0.25, -0.2) is 13.6 Å². The van der Waals surface area contributed by atoms with Crippen molar-refractivity contribution >= 4 is 17.3 Å². The number of halogens is 2. The van der Waals surface area contributed by atoms with Crippen LogP contribution in [0.25, 0.3) is 0 Å². The molecule has 0 aliphatic heterocycles. The van der Waals surface area contributed by atoms with E-state index >= 15 is 0 Å². The Bertz CT molecular complexity index is 442. The second-order valence-electron chi connectivity index (χ2n) is 3.92. The zero-order valence-electron chi connectivity index (χ0n) is 9.17. The first-order valence-electron chi connectivity index (χ1n) is 5.11. The highest BCUT2D eigenvalue weighted by molar-refractivity contribution is 5.92. The van der Waals surface area contributed by atoms with E-state index in [1.54, 1.807) is 0 Å². The Labute approximate surface area is 96.7 Å². The number of hydrogen-bond donors (Lipinski definition) is 2. The lowest BCUT2D eigenvalue weighted by molar-refractivity contribution is 0.0600. The second-order valence-corrected chi connectivity index (χ2v) is 3.92. The van der Waals surface area contributed by atoms with Crippen molar-refractivity contribution in [3.63, 3.8) is 0 Å². The topological polar surface area (TPSA) is 64.3 Å². The van der Waals surface area contributed by atoms with Gasteiger partial charge in [0.05, 0.1) is 30.1 Å². The summed E-state index contributed by atoms with van der Waals surface area (Å²) >= 11 is 0. The number of ether oxygens (including phenoxy) is 1. The SMILES string of the molecule is COC(=O)c1cc(N)c(N[C@H]2C[C@H]2F)c(F)c1. The average Bonchev–Trinajstić information content (AvgIpc) is 2.98. The van der Waals surface area contributed by atoms with Crippen LogP contribution in [0.15, 0.2) is 12.1 Å². The molecule has 0 amide bonds. The standard InChI is InChI=1S/C11H12F2N2O2/c1-17-11(16)5-2-7(13)10(8(14)3-5)15-9-4-6(9)12/h2-3,6,9,15H,4,14H2,1H3/t6-,9+/m1/s1. The normalized spacial score (nSPS) is 22.1. The first-order chi connectivity index (χ1) is 8.02. The highest BCUT2D eigenvalue weighted by Gasteiger charge is 2.38. The molecule has 1 aliphatic carbocycles. The van der Waals surface area contributed by atoms with E-state index in [4.69, 9.17) is 5.73 Å². The lowest BCUT2D eigenvalue weighted by Crippen LogP contribution is -2.11. The molecule has 0 unspecified atom stereocenters. The summed E-state index contributed by atoms with van der Waals surface area (Å²) in [5.41, 5.74) is 5.72. The smallest absolute Gasteiger partial charge is 0.338 e. The third kappa shape index (κ3) is 2.30. The molecule has 1 aliphatic rings.